The third-order valence-electron chi connectivity index (χ3n) is 4.68. The van der Waals surface area contributed by atoms with Crippen LogP contribution in [0.3, 0.4) is 0 Å². The summed E-state index contributed by atoms with van der Waals surface area (Å²) in [4.78, 5) is 16.8. The van der Waals surface area contributed by atoms with E-state index >= 15 is 0 Å². The standard InChI is InChI=1S/C17H22N2O5S/c1-24-17-13(16(21)18-11-8-9-25(22,23)10-11)6-7-14(19-17)12-4-2-3-5-15(12)20/h6-9,11-12,15,20H,2-5,10H2,1H3,(H,18,21)/t11-,12?,15?/m1/s1. The van der Waals surface area contributed by atoms with Crippen molar-refractivity contribution in [1.82, 2.24) is 10.3 Å². The number of carbonyl (C=O) groups is 1. The van der Waals surface area contributed by atoms with Crippen molar-refractivity contribution in [2.24, 2.45) is 0 Å². The van der Waals surface area contributed by atoms with Gasteiger partial charge in [0, 0.05) is 11.3 Å². The number of hydrogen-bond acceptors (Lipinski definition) is 6. The van der Waals surface area contributed by atoms with E-state index < -0.39 is 27.9 Å². The number of aromatic nitrogens is 1. The van der Waals surface area contributed by atoms with Gasteiger partial charge in [-0.25, -0.2) is 13.4 Å². The van der Waals surface area contributed by atoms with Gasteiger partial charge in [0.1, 0.15) is 5.56 Å². The Morgan fingerprint density at radius 1 is 1.32 bits per heavy atom. The average Bonchev–Trinajstić information content (AvgIpc) is 2.93. The van der Waals surface area contributed by atoms with E-state index in [2.05, 4.69) is 10.3 Å². The van der Waals surface area contributed by atoms with E-state index in [1.807, 2.05) is 0 Å². The Labute approximate surface area is 147 Å². The van der Waals surface area contributed by atoms with E-state index in [1.54, 1.807) is 12.1 Å². The van der Waals surface area contributed by atoms with Crippen molar-refractivity contribution in [3.05, 3.63) is 34.9 Å². The summed E-state index contributed by atoms with van der Waals surface area (Å²) >= 11 is 0. The molecule has 3 atom stereocenters. The highest BCUT2D eigenvalue weighted by Crippen LogP contribution is 2.33. The number of hydrogen-bond donors (Lipinski definition) is 2. The molecule has 0 aromatic carbocycles. The molecule has 0 radical (unpaired) electrons. The Morgan fingerprint density at radius 2 is 2.08 bits per heavy atom. The molecule has 2 N–H and O–H groups in total. The zero-order chi connectivity index (χ0) is 18.0. The molecule has 0 saturated heterocycles. The maximum atomic E-state index is 12.4. The lowest BCUT2D eigenvalue weighted by Crippen LogP contribution is -2.35. The lowest BCUT2D eigenvalue weighted by atomic mass is 9.84. The maximum Gasteiger partial charge on any atom is 0.257 e. The summed E-state index contributed by atoms with van der Waals surface area (Å²) in [6.07, 6.45) is 4.68. The van der Waals surface area contributed by atoms with Crippen LogP contribution in [0.25, 0.3) is 0 Å². The highest BCUT2D eigenvalue weighted by molar-refractivity contribution is 7.94. The quantitative estimate of drug-likeness (QED) is 0.828. The number of nitrogens with one attached hydrogen (secondary N) is 1. The zero-order valence-electron chi connectivity index (χ0n) is 14.0. The fraction of sp³-hybridized carbons (Fsp3) is 0.529. The van der Waals surface area contributed by atoms with Crippen LogP contribution in [0.1, 0.15) is 47.7 Å². The van der Waals surface area contributed by atoms with Gasteiger partial charge in [-0.05, 0) is 31.1 Å². The summed E-state index contributed by atoms with van der Waals surface area (Å²) in [6.45, 7) is 0. The molecule has 1 aliphatic carbocycles. The first-order valence-corrected chi connectivity index (χ1v) is 10.1. The SMILES string of the molecule is COc1nc(C2CCCCC2O)ccc1C(=O)N[C@@H]1C=CS(=O)(=O)C1. The van der Waals surface area contributed by atoms with Gasteiger partial charge < -0.3 is 15.2 Å². The number of methoxy groups -OCH3 is 1. The first kappa shape index (κ1) is 17.9. The van der Waals surface area contributed by atoms with Crippen LogP contribution in [0.15, 0.2) is 23.6 Å². The van der Waals surface area contributed by atoms with Gasteiger partial charge in [-0.1, -0.05) is 12.8 Å². The summed E-state index contributed by atoms with van der Waals surface area (Å²) in [5, 5.41) is 13.9. The van der Waals surface area contributed by atoms with E-state index in [0.717, 1.165) is 31.1 Å². The molecule has 136 valence electrons. The van der Waals surface area contributed by atoms with Crippen LogP contribution in [0, 0.1) is 0 Å². The van der Waals surface area contributed by atoms with Crippen LogP contribution in [-0.2, 0) is 9.84 Å². The Morgan fingerprint density at radius 3 is 2.72 bits per heavy atom. The summed E-state index contributed by atoms with van der Waals surface area (Å²) in [5.74, 6) is -0.451. The van der Waals surface area contributed by atoms with Gasteiger partial charge >= 0.3 is 0 Å². The Bertz CT molecular complexity index is 790. The first-order valence-electron chi connectivity index (χ1n) is 8.34. The maximum absolute atomic E-state index is 12.4. The molecule has 2 heterocycles. The van der Waals surface area contributed by atoms with E-state index in [9.17, 15) is 18.3 Å². The van der Waals surface area contributed by atoms with E-state index in [4.69, 9.17) is 4.74 Å². The molecule has 1 amide bonds. The number of ether oxygens (including phenoxy) is 1. The molecule has 25 heavy (non-hydrogen) atoms. The third-order valence-corrected chi connectivity index (χ3v) is 6.07. The molecule has 1 aromatic rings. The molecule has 2 unspecified atom stereocenters. The van der Waals surface area contributed by atoms with Crippen molar-refractivity contribution >= 4 is 15.7 Å². The second kappa shape index (κ2) is 7.13. The van der Waals surface area contributed by atoms with Crippen LogP contribution in [0.2, 0.25) is 0 Å². The van der Waals surface area contributed by atoms with Gasteiger partial charge in [-0.15, -0.1) is 0 Å². The van der Waals surface area contributed by atoms with Crippen molar-refractivity contribution in [1.29, 1.82) is 0 Å². The molecule has 2 aliphatic rings. The number of nitrogens with zero attached hydrogens (tertiary/aromatic N) is 1. The minimum absolute atomic E-state index is 0.0531. The second-order valence-corrected chi connectivity index (χ2v) is 8.42. The predicted octanol–water partition coefficient (Wildman–Crippen LogP) is 1.15. The van der Waals surface area contributed by atoms with E-state index in [0.29, 0.717) is 5.69 Å². The van der Waals surface area contributed by atoms with Crippen LogP contribution >= 0.6 is 0 Å². The van der Waals surface area contributed by atoms with Gasteiger partial charge in [0.25, 0.3) is 5.91 Å². The van der Waals surface area contributed by atoms with Crippen LogP contribution < -0.4 is 10.1 Å². The fourth-order valence-corrected chi connectivity index (χ4v) is 4.59. The number of sulfone groups is 1. The number of pyridine rings is 1. The molecule has 1 fully saturated rings. The van der Waals surface area contributed by atoms with Gasteiger partial charge in [-0.3, -0.25) is 4.79 Å². The summed E-state index contributed by atoms with van der Waals surface area (Å²) in [7, 11) is -1.81. The molecular weight excluding hydrogens is 344 g/mol. The average molecular weight is 366 g/mol. The Balaban J connectivity index is 1.77. The monoisotopic (exact) mass is 366 g/mol. The number of aliphatic hydroxyl groups excluding tert-OH is 1. The third kappa shape index (κ3) is 4.01. The lowest BCUT2D eigenvalue weighted by molar-refractivity contribution is 0.0943. The molecule has 0 bridgehead atoms. The second-order valence-electron chi connectivity index (χ2n) is 6.49. The molecule has 8 heteroatoms. The number of carbonyl (C=O) groups excluding carboxylic acids is 1. The number of aliphatic hydroxyl groups is 1. The van der Waals surface area contributed by atoms with Crippen molar-refractivity contribution in [2.45, 2.75) is 43.7 Å². The van der Waals surface area contributed by atoms with E-state index in [-0.39, 0.29) is 23.1 Å². The molecule has 1 aromatic heterocycles. The van der Waals surface area contributed by atoms with Gasteiger partial charge in [0.05, 0.1) is 30.7 Å². The number of amides is 1. The smallest absolute Gasteiger partial charge is 0.257 e. The van der Waals surface area contributed by atoms with E-state index in [1.165, 1.54) is 13.2 Å². The molecule has 0 spiro atoms. The largest absolute Gasteiger partial charge is 0.480 e. The highest BCUT2D eigenvalue weighted by atomic mass is 32.2. The topological polar surface area (TPSA) is 106 Å². The highest BCUT2D eigenvalue weighted by Gasteiger charge is 2.28. The first-order chi connectivity index (χ1) is 11.9. The number of rotatable bonds is 4. The molecular formula is C17H22N2O5S. The summed E-state index contributed by atoms with van der Waals surface area (Å²) in [6, 6.07) is 2.80. The minimum atomic E-state index is -3.24. The van der Waals surface area contributed by atoms with Crippen LogP contribution in [0.4, 0.5) is 0 Å². The Hall–Kier alpha value is -1.93. The van der Waals surface area contributed by atoms with Crippen LogP contribution in [-0.4, -0.2) is 49.4 Å². The summed E-state index contributed by atoms with van der Waals surface area (Å²) < 4.78 is 28.1. The van der Waals surface area contributed by atoms with Crippen molar-refractivity contribution in [3.8, 4) is 5.88 Å². The molecule has 3 rings (SSSR count). The molecule has 1 aliphatic heterocycles. The predicted molar refractivity (Wildman–Crippen MR) is 92.2 cm³/mol. The van der Waals surface area contributed by atoms with Crippen LogP contribution in [0.5, 0.6) is 5.88 Å². The zero-order valence-corrected chi connectivity index (χ0v) is 14.8. The summed E-state index contributed by atoms with van der Waals surface area (Å²) in [5.41, 5.74) is 0.957. The Kier molecular flexibility index (Phi) is 5.10. The minimum Gasteiger partial charge on any atom is -0.480 e. The van der Waals surface area contributed by atoms with Crippen molar-refractivity contribution in [2.75, 3.05) is 12.9 Å². The van der Waals surface area contributed by atoms with Gasteiger partial charge in [0.15, 0.2) is 9.84 Å². The molecule has 1 saturated carbocycles. The van der Waals surface area contributed by atoms with Gasteiger partial charge in [0.2, 0.25) is 5.88 Å². The van der Waals surface area contributed by atoms with Crippen molar-refractivity contribution < 1.29 is 23.1 Å². The fourth-order valence-electron chi connectivity index (χ4n) is 3.36. The lowest BCUT2D eigenvalue weighted by Gasteiger charge is -2.27. The normalized spacial score (nSPS) is 27.8. The molecule has 7 nitrogen and oxygen atoms in total. The van der Waals surface area contributed by atoms with Crippen molar-refractivity contribution in [3.63, 3.8) is 0 Å². The van der Waals surface area contributed by atoms with Gasteiger partial charge in [-0.2, -0.15) is 0 Å².